The fraction of sp³-hybridized carbons (Fsp3) is 0.500. The van der Waals surface area contributed by atoms with Gasteiger partial charge in [0, 0.05) is 12.2 Å². The Kier molecular flexibility index (Phi) is 4.50. The maximum Gasteiger partial charge on any atom is 0.414 e. The van der Waals surface area contributed by atoms with Crippen molar-refractivity contribution in [1.29, 1.82) is 0 Å². The molecule has 0 radical (unpaired) electrons. The van der Waals surface area contributed by atoms with E-state index in [1.807, 2.05) is 35.2 Å². The van der Waals surface area contributed by atoms with Gasteiger partial charge >= 0.3 is 6.09 Å². The van der Waals surface area contributed by atoms with Crippen molar-refractivity contribution in [3.05, 3.63) is 30.3 Å². The molecule has 1 saturated heterocycles. The van der Waals surface area contributed by atoms with Crippen LogP contribution in [0.2, 0.25) is 0 Å². The molecule has 1 aliphatic rings. The topological polar surface area (TPSA) is 58.6 Å². The highest BCUT2D eigenvalue weighted by Gasteiger charge is 2.32. The van der Waals surface area contributed by atoms with Gasteiger partial charge in [0.1, 0.15) is 11.6 Å². The zero-order valence-corrected chi connectivity index (χ0v) is 12.8. The summed E-state index contributed by atoms with van der Waals surface area (Å²) >= 11 is 0. The molecule has 1 aliphatic heterocycles. The van der Waals surface area contributed by atoms with Gasteiger partial charge in [0.2, 0.25) is 0 Å². The molecule has 1 aromatic carbocycles. The van der Waals surface area contributed by atoms with Crippen molar-refractivity contribution in [2.45, 2.75) is 45.3 Å². The molecule has 0 spiro atoms. The van der Waals surface area contributed by atoms with Crippen molar-refractivity contribution in [2.24, 2.45) is 0 Å². The first kappa shape index (κ1) is 15.4. The Hall–Kier alpha value is -2.04. The van der Waals surface area contributed by atoms with E-state index in [0.29, 0.717) is 0 Å². The number of amides is 2. The lowest BCUT2D eigenvalue weighted by atomic mass is 10.2. The van der Waals surface area contributed by atoms with E-state index in [9.17, 15) is 9.59 Å². The molecular weight excluding hydrogens is 268 g/mol. The van der Waals surface area contributed by atoms with Crippen molar-refractivity contribution in [1.82, 2.24) is 5.32 Å². The smallest absolute Gasteiger partial charge is 0.414 e. The van der Waals surface area contributed by atoms with Crippen LogP contribution in [0.1, 0.15) is 33.6 Å². The molecule has 1 fully saturated rings. The number of benzene rings is 1. The van der Waals surface area contributed by atoms with Crippen LogP contribution in [0.15, 0.2) is 30.3 Å². The molecule has 5 heteroatoms. The van der Waals surface area contributed by atoms with Crippen LogP contribution in [-0.4, -0.2) is 30.2 Å². The van der Waals surface area contributed by atoms with Gasteiger partial charge < -0.3 is 9.64 Å². The van der Waals surface area contributed by atoms with E-state index in [-0.39, 0.29) is 11.9 Å². The van der Waals surface area contributed by atoms with Crippen LogP contribution in [0.25, 0.3) is 0 Å². The highest BCUT2D eigenvalue weighted by molar-refractivity contribution is 5.96. The largest absolute Gasteiger partial charge is 0.444 e. The summed E-state index contributed by atoms with van der Waals surface area (Å²) in [4.78, 5) is 26.0. The average molecular weight is 290 g/mol. The molecular formula is C16H22N2O3. The standard InChI is InChI=1S/C16H22N2O3/c1-16(2,3)21-15(20)17-14(19)13-10-7-11-18(13)12-8-5-4-6-9-12/h4-6,8-9,13H,7,10-11H2,1-3H3,(H,17,19,20)/t13-/m1/s1. The van der Waals surface area contributed by atoms with E-state index in [0.717, 1.165) is 25.1 Å². The lowest BCUT2D eigenvalue weighted by Crippen LogP contribution is -2.47. The summed E-state index contributed by atoms with van der Waals surface area (Å²) in [6.45, 7) is 6.12. The van der Waals surface area contributed by atoms with Gasteiger partial charge in [-0.05, 0) is 45.7 Å². The molecule has 0 aliphatic carbocycles. The number of alkyl carbamates (subject to hydrolysis) is 1. The van der Waals surface area contributed by atoms with Crippen molar-refractivity contribution in [2.75, 3.05) is 11.4 Å². The zero-order chi connectivity index (χ0) is 15.5. The highest BCUT2D eigenvalue weighted by atomic mass is 16.6. The van der Waals surface area contributed by atoms with Crippen molar-refractivity contribution < 1.29 is 14.3 Å². The first-order valence-corrected chi connectivity index (χ1v) is 7.22. The lowest BCUT2D eigenvalue weighted by Gasteiger charge is -2.26. The van der Waals surface area contributed by atoms with Gasteiger partial charge in [0.25, 0.3) is 5.91 Å². The summed E-state index contributed by atoms with van der Waals surface area (Å²) in [6, 6.07) is 9.44. The fourth-order valence-corrected chi connectivity index (χ4v) is 2.46. The molecule has 0 saturated carbocycles. The zero-order valence-electron chi connectivity index (χ0n) is 12.8. The molecule has 1 aromatic rings. The molecule has 0 aromatic heterocycles. The number of nitrogens with one attached hydrogen (secondary N) is 1. The summed E-state index contributed by atoms with van der Waals surface area (Å²) in [5.41, 5.74) is 0.387. The first-order valence-electron chi connectivity index (χ1n) is 7.22. The van der Waals surface area contributed by atoms with Gasteiger partial charge in [0.05, 0.1) is 0 Å². The van der Waals surface area contributed by atoms with Crippen LogP contribution >= 0.6 is 0 Å². The third-order valence-electron chi connectivity index (χ3n) is 3.27. The van der Waals surface area contributed by atoms with Gasteiger partial charge in [-0.3, -0.25) is 10.1 Å². The van der Waals surface area contributed by atoms with Gasteiger partial charge in [-0.25, -0.2) is 4.79 Å². The van der Waals surface area contributed by atoms with Gasteiger partial charge in [0.15, 0.2) is 0 Å². The van der Waals surface area contributed by atoms with Crippen LogP contribution in [0.4, 0.5) is 10.5 Å². The summed E-state index contributed by atoms with van der Waals surface area (Å²) in [6.07, 6.45) is 0.984. The fourth-order valence-electron chi connectivity index (χ4n) is 2.46. The maximum absolute atomic E-state index is 12.3. The molecule has 0 bridgehead atoms. The van der Waals surface area contributed by atoms with Crippen LogP contribution in [0.3, 0.4) is 0 Å². The third-order valence-corrected chi connectivity index (χ3v) is 3.27. The van der Waals surface area contributed by atoms with E-state index in [1.54, 1.807) is 20.8 Å². The Balaban J connectivity index is 2.00. The minimum absolute atomic E-state index is 0.300. The Morgan fingerprint density at radius 3 is 2.52 bits per heavy atom. The molecule has 2 rings (SSSR count). The summed E-state index contributed by atoms with van der Waals surface area (Å²) < 4.78 is 5.12. The van der Waals surface area contributed by atoms with E-state index in [4.69, 9.17) is 4.74 Å². The number of anilines is 1. The molecule has 2 amide bonds. The highest BCUT2D eigenvalue weighted by Crippen LogP contribution is 2.25. The maximum atomic E-state index is 12.3. The van der Waals surface area contributed by atoms with Crippen LogP contribution in [0, 0.1) is 0 Å². The molecule has 21 heavy (non-hydrogen) atoms. The van der Waals surface area contributed by atoms with Crippen molar-refractivity contribution >= 4 is 17.7 Å². The van der Waals surface area contributed by atoms with Gasteiger partial charge in [-0.1, -0.05) is 18.2 Å². The minimum atomic E-state index is -0.688. The number of para-hydroxylation sites is 1. The second-order valence-electron chi connectivity index (χ2n) is 6.18. The van der Waals surface area contributed by atoms with Gasteiger partial charge in [-0.2, -0.15) is 0 Å². The third kappa shape index (κ3) is 4.21. The second kappa shape index (κ2) is 6.16. The molecule has 114 valence electrons. The molecule has 1 N–H and O–H groups in total. The summed E-state index contributed by atoms with van der Waals surface area (Å²) in [7, 11) is 0. The van der Waals surface area contributed by atoms with E-state index in [2.05, 4.69) is 5.32 Å². The van der Waals surface area contributed by atoms with E-state index >= 15 is 0 Å². The quantitative estimate of drug-likeness (QED) is 0.910. The monoisotopic (exact) mass is 290 g/mol. The Labute approximate surface area is 125 Å². The number of hydrogen-bond acceptors (Lipinski definition) is 4. The lowest BCUT2D eigenvalue weighted by molar-refractivity contribution is -0.121. The summed E-state index contributed by atoms with van der Waals surface area (Å²) in [5.74, 6) is -0.300. The van der Waals surface area contributed by atoms with Crippen LogP contribution in [0.5, 0.6) is 0 Å². The predicted octanol–water partition coefficient (Wildman–Crippen LogP) is 2.71. The van der Waals surface area contributed by atoms with Crippen LogP contribution < -0.4 is 10.2 Å². The van der Waals surface area contributed by atoms with E-state index < -0.39 is 11.7 Å². The van der Waals surface area contributed by atoms with Gasteiger partial charge in [-0.15, -0.1) is 0 Å². The number of rotatable bonds is 2. The Bertz CT molecular complexity index is 508. The molecule has 5 nitrogen and oxygen atoms in total. The Morgan fingerprint density at radius 1 is 1.24 bits per heavy atom. The van der Waals surface area contributed by atoms with E-state index in [1.165, 1.54) is 0 Å². The predicted molar refractivity (Wildman–Crippen MR) is 81.2 cm³/mol. The number of ether oxygens (including phenoxy) is 1. The molecule has 1 heterocycles. The SMILES string of the molecule is CC(C)(C)OC(=O)NC(=O)[C@H]1CCCN1c1ccccc1. The number of carbonyl (C=O) groups excluding carboxylic acids is 2. The minimum Gasteiger partial charge on any atom is -0.444 e. The molecule has 1 atom stereocenters. The second-order valence-corrected chi connectivity index (χ2v) is 6.18. The average Bonchev–Trinajstić information content (AvgIpc) is 2.86. The summed E-state index contributed by atoms with van der Waals surface area (Å²) in [5, 5.41) is 2.34. The normalized spacial score (nSPS) is 18.4. The van der Waals surface area contributed by atoms with Crippen LogP contribution in [-0.2, 0) is 9.53 Å². The first-order chi connectivity index (χ1) is 9.87. The number of carbonyl (C=O) groups is 2. The molecule has 0 unspecified atom stereocenters. The van der Waals surface area contributed by atoms with Crippen molar-refractivity contribution in [3.8, 4) is 0 Å². The Morgan fingerprint density at radius 2 is 1.90 bits per heavy atom. The van der Waals surface area contributed by atoms with Crippen molar-refractivity contribution in [3.63, 3.8) is 0 Å². The number of nitrogens with zero attached hydrogens (tertiary/aromatic N) is 1. The number of imide groups is 1. The number of hydrogen-bond donors (Lipinski definition) is 1.